The van der Waals surface area contributed by atoms with Crippen molar-refractivity contribution >= 4 is 22.0 Å². The summed E-state index contributed by atoms with van der Waals surface area (Å²) >= 11 is 3.20. The van der Waals surface area contributed by atoms with Crippen LogP contribution in [0.15, 0.2) is 22.7 Å². The second kappa shape index (κ2) is 8.30. The lowest BCUT2D eigenvalue weighted by atomic mass is 10.1. The van der Waals surface area contributed by atoms with E-state index in [2.05, 4.69) is 21.2 Å². The first-order valence-corrected chi connectivity index (χ1v) is 9.16. The van der Waals surface area contributed by atoms with Gasteiger partial charge in [0.25, 0.3) is 0 Å². The second-order valence-corrected chi connectivity index (χ2v) is 8.15. The molecule has 0 radical (unpaired) electrons. The molecule has 0 aromatic heterocycles. The summed E-state index contributed by atoms with van der Waals surface area (Å²) < 4.78 is 19.1. The molecule has 1 aromatic carbocycles. The molecule has 1 unspecified atom stereocenters. The first kappa shape index (κ1) is 19.2. The van der Waals surface area contributed by atoms with Crippen molar-refractivity contribution in [3.05, 3.63) is 34.1 Å². The number of nitrogens with one attached hydrogen (secondary N) is 1. The fourth-order valence-corrected chi connectivity index (χ4v) is 3.18. The molecule has 1 saturated heterocycles. The molecule has 6 heteroatoms. The quantitative estimate of drug-likeness (QED) is 0.747. The van der Waals surface area contributed by atoms with Gasteiger partial charge in [0.1, 0.15) is 11.4 Å². The van der Waals surface area contributed by atoms with Gasteiger partial charge in [0, 0.05) is 19.6 Å². The highest BCUT2D eigenvalue weighted by atomic mass is 79.9. The van der Waals surface area contributed by atoms with Gasteiger partial charge in [-0.2, -0.15) is 0 Å². The van der Waals surface area contributed by atoms with Crippen LogP contribution in [-0.4, -0.2) is 36.2 Å². The van der Waals surface area contributed by atoms with Gasteiger partial charge in [-0.25, -0.2) is 9.18 Å². The molecular formula is C18H26BrFN2O2. The fourth-order valence-electron chi connectivity index (χ4n) is 2.75. The fraction of sp³-hybridized carbons (Fsp3) is 0.611. The maximum absolute atomic E-state index is 13.2. The molecular weight excluding hydrogens is 375 g/mol. The van der Waals surface area contributed by atoms with Crippen LogP contribution in [0.5, 0.6) is 0 Å². The molecule has 0 spiro atoms. The van der Waals surface area contributed by atoms with Crippen molar-refractivity contribution in [2.24, 2.45) is 5.92 Å². The van der Waals surface area contributed by atoms with Crippen LogP contribution in [0.3, 0.4) is 0 Å². The summed E-state index contributed by atoms with van der Waals surface area (Å²) in [5.74, 6) is 0.261. The van der Waals surface area contributed by atoms with Gasteiger partial charge in [-0.1, -0.05) is 6.07 Å². The third kappa shape index (κ3) is 6.06. The second-order valence-electron chi connectivity index (χ2n) is 7.29. The number of hydrogen-bond acceptors (Lipinski definition) is 3. The van der Waals surface area contributed by atoms with E-state index >= 15 is 0 Å². The molecule has 1 aliphatic rings. The van der Waals surface area contributed by atoms with Gasteiger partial charge in [0.05, 0.1) is 4.47 Å². The van der Waals surface area contributed by atoms with Crippen LogP contribution in [0.4, 0.5) is 9.18 Å². The van der Waals surface area contributed by atoms with Crippen molar-refractivity contribution in [1.29, 1.82) is 0 Å². The number of likely N-dealkylation sites (tertiary alicyclic amines) is 1. The molecule has 134 valence electrons. The van der Waals surface area contributed by atoms with Gasteiger partial charge in [-0.15, -0.1) is 0 Å². The Morgan fingerprint density at radius 2 is 2.21 bits per heavy atom. The minimum Gasteiger partial charge on any atom is -0.444 e. The molecule has 4 nitrogen and oxygen atoms in total. The van der Waals surface area contributed by atoms with E-state index in [1.807, 2.05) is 20.8 Å². The predicted molar refractivity (Wildman–Crippen MR) is 96.3 cm³/mol. The summed E-state index contributed by atoms with van der Waals surface area (Å²) in [4.78, 5) is 13.8. The van der Waals surface area contributed by atoms with Crippen LogP contribution >= 0.6 is 15.9 Å². The number of rotatable bonds is 5. The zero-order valence-electron chi connectivity index (χ0n) is 14.6. The number of carbonyl (C=O) groups is 1. The van der Waals surface area contributed by atoms with E-state index in [-0.39, 0.29) is 11.9 Å². The van der Waals surface area contributed by atoms with Gasteiger partial charge < -0.3 is 15.0 Å². The van der Waals surface area contributed by atoms with E-state index < -0.39 is 5.60 Å². The van der Waals surface area contributed by atoms with E-state index in [9.17, 15) is 9.18 Å². The molecule has 0 saturated carbocycles. The monoisotopic (exact) mass is 400 g/mol. The minimum atomic E-state index is -0.444. The predicted octanol–water partition coefficient (Wildman–Crippen LogP) is 4.32. The Labute approximate surface area is 151 Å². The average molecular weight is 401 g/mol. The summed E-state index contributed by atoms with van der Waals surface area (Å²) in [6, 6.07) is 5.05. The molecule has 1 heterocycles. The Bertz CT molecular complexity index is 575. The molecule has 1 atom stereocenters. The molecule has 1 aliphatic heterocycles. The van der Waals surface area contributed by atoms with E-state index in [1.54, 1.807) is 17.0 Å². The molecule has 1 N–H and O–H groups in total. The highest BCUT2D eigenvalue weighted by molar-refractivity contribution is 9.10. The summed E-state index contributed by atoms with van der Waals surface area (Å²) in [6.07, 6.45) is 1.82. The van der Waals surface area contributed by atoms with Gasteiger partial charge >= 0.3 is 6.09 Å². The average Bonchev–Trinajstić information content (AvgIpc) is 2.94. The van der Waals surface area contributed by atoms with E-state index in [0.717, 1.165) is 38.0 Å². The van der Waals surface area contributed by atoms with Crippen molar-refractivity contribution in [2.45, 2.75) is 45.8 Å². The Morgan fingerprint density at radius 1 is 1.46 bits per heavy atom. The minimum absolute atomic E-state index is 0.214. The first-order chi connectivity index (χ1) is 11.2. The Balaban J connectivity index is 1.67. The smallest absolute Gasteiger partial charge is 0.410 e. The topological polar surface area (TPSA) is 41.6 Å². The van der Waals surface area contributed by atoms with Crippen LogP contribution in [0.25, 0.3) is 0 Å². The molecule has 1 aromatic rings. The zero-order chi connectivity index (χ0) is 17.7. The molecule has 0 bridgehead atoms. The van der Waals surface area contributed by atoms with Crippen LogP contribution in [0.1, 0.15) is 39.2 Å². The first-order valence-electron chi connectivity index (χ1n) is 8.37. The SMILES string of the molecule is CC(C)(C)OC(=O)N1CCC(CCNCc2ccc(F)c(Br)c2)C1. The Hall–Kier alpha value is -1.14. The Kier molecular flexibility index (Phi) is 6.63. The van der Waals surface area contributed by atoms with Crippen molar-refractivity contribution in [3.63, 3.8) is 0 Å². The van der Waals surface area contributed by atoms with Crippen molar-refractivity contribution in [3.8, 4) is 0 Å². The van der Waals surface area contributed by atoms with Gasteiger partial charge in [0.15, 0.2) is 0 Å². The van der Waals surface area contributed by atoms with E-state index in [0.29, 0.717) is 16.9 Å². The van der Waals surface area contributed by atoms with Gasteiger partial charge in [-0.05, 0) is 79.7 Å². The summed E-state index contributed by atoms with van der Waals surface area (Å²) in [5.41, 5.74) is 0.602. The van der Waals surface area contributed by atoms with E-state index in [4.69, 9.17) is 4.74 Å². The molecule has 24 heavy (non-hydrogen) atoms. The highest BCUT2D eigenvalue weighted by Crippen LogP contribution is 2.22. The number of benzene rings is 1. The van der Waals surface area contributed by atoms with Crippen molar-refractivity contribution in [2.75, 3.05) is 19.6 Å². The normalized spacial score (nSPS) is 18.0. The standard InChI is InChI=1S/C18H26BrFN2O2/c1-18(2,3)24-17(23)22-9-7-13(12-22)6-8-21-11-14-4-5-16(20)15(19)10-14/h4-5,10,13,21H,6-9,11-12H2,1-3H3. The van der Waals surface area contributed by atoms with Crippen molar-refractivity contribution in [1.82, 2.24) is 10.2 Å². The summed E-state index contributed by atoms with van der Waals surface area (Å²) in [5, 5.41) is 3.38. The number of ether oxygens (including phenoxy) is 1. The highest BCUT2D eigenvalue weighted by Gasteiger charge is 2.29. The number of halogens is 2. The maximum Gasteiger partial charge on any atom is 0.410 e. The summed E-state index contributed by atoms with van der Waals surface area (Å²) in [7, 11) is 0. The third-order valence-corrected chi connectivity index (χ3v) is 4.59. The number of hydrogen-bond donors (Lipinski definition) is 1. The Morgan fingerprint density at radius 3 is 2.88 bits per heavy atom. The van der Waals surface area contributed by atoms with Crippen molar-refractivity contribution < 1.29 is 13.9 Å². The zero-order valence-corrected chi connectivity index (χ0v) is 16.2. The molecule has 1 fully saturated rings. The maximum atomic E-state index is 13.2. The number of carbonyl (C=O) groups excluding carboxylic acids is 1. The lowest BCUT2D eigenvalue weighted by Crippen LogP contribution is -2.35. The number of nitrogens with zero attached hydrogens (tertiary/aromatic N) is 1. The van der Waals surface area contributed by atoms with Crippen LogP contribution < -0.4 is 5.32 Å². The summed E-state index contributed by atoms with van der Waals surface area (Å²) in [6.45, 7) is 8.77. The largest absolute Gasteiger partial charge is 0.444 e. The molecule has 0 aliphatic carbocycles. The van der Waals surface area contributed by atoms with Crippen LogP contribution in [0.2, 0.25) is 0 Å². The van der Waals surface area contributed by atoms with Gasteiger partial charge in [-0.3, -0.25) is 0 Å². The van der Waals surface area contributed by atoms with Crippen LogP contribution in [-0.2, 0) is 11.3 Å². The van der Waals surface area contributed by atoms with E-state index in [1.165, 1.54) is 6.07 Å². The lowest BCUT2D eigenvalue weighted by molar-refractivity contribution is 0.0287. The number of amides is 1. The third-order valence-electron chi connectivity index (χ3n) is 3.98. The van der Waals surface area contributed by atoms with Gasteiger partial charge in [0.2, 0.25) is 0 Å². The molecule has 1 amide bonds. The van der Waals surface area contributed by atoms with Crippen LogP contribution in [0, 0.1) is 11.7 Å². The lowest BCUT2D eigenvalue weighted by Gasteiger charge is -2.24. The molecule has 2 rings (SSSR count).